The molecule has 0 saturated carbocycles. The van der Waals surface area contributed by atoms with E-state index in [1.807, 2.05) is 0 Å². The van der Waals surface area contributed by atoms with Crippen molar-refractivity contribution in [3.8, 4) is 11.3 Å². The Bertz CT molecular complexity index is 495. The zero-order valence-electron chi connectivity index (χ0n) is 8.17. The van der Waals surface area contributed by atoms with Crippen molar-refractivity contribution in [2.24, 2.45) is 0 Å². The lowest BCUT2D eigenvalue weighted by atomic mass is 10.1. The summed E-state index contributed by atoms with van der Waals surface area (Å²) in [5.74, 6) is -0.988. The van der Waals surface area contributed by atoms with E-state index in [0.29, 0.717) is 11.3 Å². The van der Waals surface area contributed by atoms with Crippen molar-refractivity contribution in [3.63, 3.8) is 0 Å². The molecule has 0 aliphatic carbocycles. The molecule has 15 heavy (non-hydrogen) atoms. The van der Waals surface area contributed by atoms with Crippen LogP contribution in [-0.2, 0) is 0 Å². The van der Waals surface area contributed by atoms with Gasteiger partial charge in [-0.25, -0.2) is 9.37 Å². The minimum Gasteiger partial charge on any atom is -0.219 e. The summed E-state index contributed by atoms with van der Waals surface area (Å²) in [5, 5.41) is 0. The highest BCUT2D eigenvalue weighted by atomic mass is 19.1. The largest absolute Gasteiger partial charge is 0.219 e. The van der Waals surface area contributed by atoms with Crippen LogP contribution in [0.3, 0.4) is 0 Å². The third-order valence-electron chi connectivity index (χ3n) is 2.19. The third-order valence-corrected chi connectivity index (χ3v) is 2.19. The molecule has 1 aromatic heterocycles. The number of halogens is 2. The van der Waals surface area contributed by atoms with Gasteiger partial charge in [-0.3, -0.25) is 0 Å². The number of benzene rings is 1. The van der Waals surface area contributed by atoms with Gasteiger partial charge in [0.25, 0.3) is 0 Å². The molecule has 0 unspecified atom stereocenters. The van der Waals surface area contributed by atoms with Gasteiger partial charge >= 0.3 is 0 Å². The Morgan fingerprint density at radius 2 is 1.73 bits per heavy atom. The van der Waals surface area contributed by atoms with Gasteiger partial charge in [0.05, 0.1) is 5.69 Å². The predicted octanol–water partition coefficient (Wildman–Crippen LogP) is 3.34. The molecule has 0 amide bonds. The van der Waals surface area contributed by atoms with E-state index in [9.17, 15) is 8.78 Å². The summed E-state index contributed by atoms with van der Waals surface area (Å²) in [7, 11) is 0. The average Bonchev–Trinajstić information content (AvgIpc) is 2.23. The minimum atomic E-state index is -0.598. The SMILES string of the molecule is Cc1ccc(F)nc1-c1ccccc1F. The van der Waals surface area contributed by atoms with Crippen LogP contribution in [0.15, 0.2) is 36.4 Å². The summed E-state index contributed by atoms with van der Waals surface area (Å²) < 4.78 is 26.4. The fourth-order valence-electron chi connectivity index (χ4n) is 1.43. The highest BCUT2D eigenvalue weighted by Gasteiger charge is 2.09. The van der Waals surface area contributed by atoms with Crippen molar-refractivity contribution in [1.29, 1.82) is 0 Å². The number of hydrogen-bond donors (Lipinski definition) is 0. The zero-order valence-corrected chi connectivity index (χ0v) is 8.17. The highest BCUT2D eigenvalue weighted by Crippen LogP contribution is 2.23. The Balaban J connectivity index is 2.64. The maximum atomic E-state index is 13.4. The second-order valence-electron chi connectivity index (χ2n) is 3.28. The topological polar surface area (TPSA) is 12.9 Å². The van der Waals surface area contributed by atoms with E-state index in [1.165, 1.54) is 12.1 Å². The van der Waals surface area contributed by atoms with E-state index < -0.39 is 11.8 Å². The Labute approximate surface area is 86.4 Å². The van der Waals surface area contributed by atoms with Gasteiger partial charge < -0.3 is 0 Å². The third kappa shape index (κ3) is 1.86. The van der Waals surface area contributed by atoms with Crippen LogP contribution >= 0.6 is 0 Å². The molecule has 0 N–H and O–H groups in total. The molecular weight excluding hydrogens is 196 g/mol. The number of pyridine rings is 1. The molecule has 3 heteroatoms. The first-order valence-electron chi connectivity index (χ1n) is 4.56. The maximum absolute atomic E-state index is 13.4. The Morgan fingerprint density at radius 3 is 2.47 bits per heavy atom. The van der Waals surface area contributed by atoms with E-state index in [2.05, 4.69) is 4.98 Å². The molecule has 76 valence electrons. The van der Waals surface area contributed by atoms with Crippen LogP contribution in [0.2, 0.25) is 0 Å². The number of rotatable bonds is 1. The van der Waals surface area contributed by atoms with Gasteiger partial charge in [0.15, 0.2) is 0 Å². The molecule has 1 nitrogen and oxygen atoms in total. The maximum Gasteiger partial charge on any atom is 0.213 e. The summed E-state index contributed by atoms with van der Waals surface area (Å²) in [6.07, 6.45) is 0. The summed E-state index contributed by atoms with van der Waals surface area (Å²) in [6, 6.07) is 9.06. The van der Waals surface area contributed by atoms with Crippen LogP contribution in [0.1, 0.15) is 5.56 Å². The smallest absolute Gasteiger partial charge is 0.213 e. The second-order valence-corrected chi connectivity index (χ2v) is 3.28. The number of aromatic nitrogens is 1. The molecule has 1 aromatic carbocycles. The predicted molar refractivity (Wildman–Crippen MR) is 54.3 cm³/mol. The lowest BCUT2D eigenvalue weighted by molar-refractivity contribution is 0.583. The molecule has 0 fully saturated rings. The van der Waals surface area contributed by atoms with Crippen LogP contribution in [0, 0.1) is 18.7 Å². The van der Waals surface area contributed by atoms with Crippen LogP contribution in [0.5, 0.6) is 0 Å². The van der Waals surface area contributed by atoms with E-state index in [1.54, 1.807) is 31.2 Å². The monoisotopic (exact) mass is 205 g/mol. The number of nitrogens with zero attached hydrogens (tertiary/aromatic N) is 1. The van der Waals surface area contributed by atoms with E-state index in [-0.39, 0.29) is 0 Å². The molecule has 0 saturated heterocycles. The molecule has 0 spiro atoms. The van der Waals surface area contributed by atoms with Gasteiger partial charge in [-0.05, 0) is 30.7 Å². The number of hydrogen-bond acceptors (Lipinski definition) is 1. The molecule has 0 bridgehead atoms. The van der Waals surface area contributed by atoms with Gasteiger partial charge in [0.1, 0.15) is 5.82 Å². The molecular formula is C12H9F2N. The van der Waals surface area contributed by atoms with Crippen LogP contribution < -0.4 is 0 Å². The quantitative estimate of drug-likeness (QED) is 0.650. The molecule has 1 heterocycles. The normalized spacial score (nSPS) is 10.3. The molecule has 0 radical (unpaired) electrons. The van der Waals surface area contributed by atoms with Gasteiger partial charge in [-0.15, -0.1) is 0 Å². The van der Waals surface area contributed by atoms with Crippen molar-refractivity contribution in [2.45, 2.75) is 6.92 Å². The summed E-state index contributed by atoms with van der Waals surface area (Å²) in [5.41, 5.74) is 1.43. The van der Waals surface area contributed by atoms with Crippen molar-refractivity contribution < 1.29 is 8.78 Å². The molecule has 0 aliphatic heterocycles. The lowest BCUT2D eigenvalue weighted by Gasteiger charge is -2.05. The Morgan fingerprint density at radius 1 is 1.00 bits per heavy atom. The Hall–Kier alpha value is -1.77. The molecule has 2 aromatic rings. The Kier molecular flexibility index (Phi) is 2.46. The first kappa shape index (κ1) is 9.77. The van der Waals surface area contributed by atoms with Crippen molar-refractivity contribution >= 4 is 0 Å². The first-order chi connectivity index (χ1) is 7.18. The van der Waals surface area contributed by atoms with Crippen molar-refractivity contribution in [2.75, 3.05) is 0 Å². The van der Waals surface area contributed by atoms with E-state index in [4.69, 9.17) is 0 Å². The van der Waals surface area contributed by atoms with E-state index >= 15 is 0 Å². The van der Waals surface area contributed by atoms with Gasteiger partial charge in [-0.1, -0.05) is 18.2 Å². The van der Waals surface area contributed by atoms with Crippen LogP contribution in [0.4, 0.5) is 8.78 Å². The average molecular weight is 205 g/mol. The molecule has 2 rings (SSSR count). The van der Waals surface area contributed by atoms with Crippen LogP contribution in [-0.4, -0.2) is 4.98 Å². The summed E-state index contributed by atoms with van der Waals surface area (Å²) in [4.78, 5) is 3.70. The lowest BCUT2D eigenvalue weighted by Crippen LogP contribution is -1.93. The standard InChI is InChI=1S/C12H9F2N/c1-8-6-7-11(14)15-12(8)9-4-2-3-5-10(9)13/h2-7H,1H3. The highest BCUT2D eigenvalue weighted by molar-refractivity contribution is 5.63. The summed E-state index contributed by atoms with van der Waals surface area (Å²) in [6.45, 7) is 1.77. The van der Waals surface area contributed by atoms with Crippen LogP contribution in [0.25, 0.3) is 11.3 Å². The number of aryl methyl sites for hydroxylation is 1. The minimum absolute atomic E-state index is 0.328. The fourth-order valence-corrected chi connectivity index (χ4v) is 1.43. The van der Waals surface area contributed by atoms with Crippen molar-refractivity contribution in [1.82, 2.24) is 4.98 Å². The fraction of sp³-hybridized carbons (Fsp3) is 0.0833. The van der Waals surface area contributed by atoms with Gasteiger partial charge in [0, 0.05) is 5.56 Å². The van der Waals surface area contributed by atoms with Gasteiger partial charge in [-0.2, -0.15) is 4.39 Å². The van der Waals surface area contributed by atoms with E-state index in [0.717, 1.165) is 5.56 Å². The zero-order chi connectivity index (χ0) is 10.8. The van der Waals surface area contributed by atoms with Crippen molar-refractivity contribution in [3.05, 3.63) is 53.7 Å². The summed E-state index contributed by atoms with van der Waals surface area (Å²) >= 11 is 0. The van der Waals surface area contributed by atoms with Gasteiger partial charge in [0.2, 0.25) is 5.95 Å². The molecule has 0 aliphatic rings. The molecule has 0 atom stereocenters. The first-order valence-corrected chi connectivity index (χ1v) is 4.56. The second kappa shape index (κ2) is 3.77.